The van der Waals surface area contributed by atoms with Crippen molar-refractivity contribution >= 4 is 35.9 Å². The molecule has 2 saturated heterocycles. The summed E-state index contributed by atoms with van der Waals surface area (Å²) in [6.07, 6.45) is 0.395. The van der Waals surface area contributed by atoms with Crippen LogP contribution in [0.5, 0.6) is 0 Å². The molecular formula is C27H28N4O7. The largest absolute Gasteiger partial charge is 0.481 e. The lowest BCUT2D eigenvalue weighted by Gasteiger charge is -2.43. The molecule has 4 amide bonds. The molecule has 2 aliphatic heterocycles. The van der Waals surface area contributed by atoms with Gasteiger partial charge in [0.15, 0.2) is 0 Å². The van der Waals surface area contributed by atoms with Gasteiger partial charge in [-0.25, -0.2) is 5.01 Å². The van der Waals surface area contributed by atoms with Crippen molar-refractivity contribution < 1.29 is 33.9 Å². The molecule has 2 aromatic carbocycles. The second-order valence-corrected chi connectivity index (χ2v) is 9.21. The van der Waals surface area contributed by atoms with Crippen molar-refractivity contribution in [1.29, 1.82) is 0 Å². The van der Waals surface area contributed by atoms with E-state index in [1.807, 2.05) is 30.3 Å². The van der Waals surface area contributed by atoms with Crippen LogP contribution in [0.25, 0.3) is 11.1 Å². The van der Waals surface area contributed by atoms with Gasteiger partial charge in [0.1, 0.15) is 18.4 Å². The maximum absolute atomic E-state index is 13.6. The van der Waals surface area contributed by atoms with Crippen LogP contribution in [0, 0.1) is 0 Å². The Hall–Kier alpha value is -4.54. The summed E-state index contributed by atoms with van der Waals surface area (Å²) in [6.45, 7) is 0.224. The smallest absolute Gasteiger partial charge is 0.305 e. The molecule has 2 fully saturated rings. The van der Waals surface area contributed by atoms with Crippen LogP contribution in [0.4, 0.5) is 0 Å². The highest BCUT2D eigenvalue weighted by Gasteiger charge is 2.45. The zero-order valence-corrected chi connectivity index (χ0v) is 20.5. The molecule has 3 atom stereocenters. The highest BCUT2D eigenvalue weighted by molar-refractivity contribution is 6.00. The van der Waals surface area contributed by atoms with Gasteiger partial charge in [-0.05, 0) is 42.5 Å². The van der Waals surface area contributed by atoms with Gasteiger partial charge in [-0.3, -0.25) is 29.0 Å². The van der Waals surface area contributed by atoms with E-state index in [-0.39, 0.29) is 31.7 Å². The molecular weight excluding hydrogens is 492 g/mol. The van der Waals surface area contributed by atoms with Gasteiger partial charge in [0.2, 0.25) is 11.8 Å². The number of carbonyl (C=O) groups is 6. The predicted octanol–water partition coefficient (Wildman–Crippen LogP) is 1.14. The Labute approximate surface area is 218 Å². The van der Waals surface area contributed by atoms with Crippen molar-refractivity contribution in [3.05, 3.63) is 60.2 Å². The molecule has 3 N–H and O–H groups in total. The van der Waals surface area contributed by atoms with Gasteiger partial charge in [0.25, 0.3) is 11.8 Å². The van der Waals surface area contributed by atoms with Crippen molar-refractivity contribution in [3.8, 4) is 11.1 Å². The molecule has 2 heterocycles. The number of fused-ring (bicyclic) bond motifs is 1. The number of aldehydes is 1. The highest BCUT2D eigenvalue weighted by Crippen LogP contribution is 2.25. The molecule has 0 spiro atoms. The molecule has 3 unspecified atom stereocenters. The number of nitrogens with zero attached hydrogens (tertiary/aromatic N) is 2. The summed E-state index contributed by atoms with van der Waals surface area (Å²) >= 11 is 0. The minimum atomic E-state index is -1.28. The van der Waals surface area contributed by atoms with Gasteiger partial charge < -0.3 is 20.5 Å². The van der Waals surface area contributed by atoms with E-state index in [1.165, 1.54) is 5.01 Å². The van der Waals surface area contributed by atoms with E-state index in [0.717, 1.165) is 16.1 Å². The maximum atomic E-state index is 13.6. The first-order valence-electron chi connectivity index (χ1n) is 12.4. The van der Waals surface area contributed by atoms with Crippen LogP contribution in [-0.2, 0) is 24.0 Å². The van der Waals surface area contributed by atoms with Crippen LogP contribution >= 0.6 is 0 Å². The summed E-state index contributed by atoms with van der Waals surface area (Å²) in [5.41, 5.74) is 2.25. The lowest BCUT2D eigenvalue weighted by atomic mass is 10.0. The first kappa shape index (κ1) is 26.5. The van der Waals surface area contributed by atoms with Gasteiger partial charge in [0.05, 0.1) is 12.5 Å². The summed E-state index contributed by atoms with van der Waals surface area (Å²) in [4.78, 5) is 74.6. The number of aliphatic carboxylic acids is 1. The van der Waals surface area contributed by atoms with Crippen LogP contribution in [-0.4, -0.2) is 75.7 Å². The Kier molecular flexibility index (Phi) is 8.15. The van der Waals surface area contributed by atoms with E-state index in [0.29, 0.717) is 18.3 Å². The molecule has 0 bridgehead atoms. The molecule has 0 radical (unpaired) electrons. The van der Waals surface area contributed by atoms with Crippen molar-refractivity contribution in [2.24, 2.45) is 0 Å². The number of carbonyl (C=O) groups excluding carboxylic acids is 5. The van der Waals surface area contributed by atoms with E-state index >= 15 is 0 Å². The third kappa shape index (κ3) is 5.88. The standard InChI is InChI=1S/C27H28N4O7/c32-16-20(15-24(34)35)28-26(37)22-7-4-14-30-23(33)13-12-21(27(38)31(22)30)29-25(36)19-10-8-18(9-11-19)17-5-2-1-3-6-17/h1-3,5-6,8-11,16,20-22H,4,7,12-15H2,(H,28,37)(H,29,36)(H,34,35). The van der Waals surface area contributed by atoms with Gasteiger partial charge in [-0.15, -0.1) is 0 Å². The van der Waals surface area contributed by atoms with Crippen LogP contribution < -0.4 is 10.6 Å². The number of carboxylic acid groups (broad SMARTS) is 1. The van der Waals surface area contributed by atoms with Crippen molar-refractivity contribution in [2.75, 3.05) is 6.54 Å². The number of carboxylic acids is 1. The molecule has 0 saturated carbocycles. The third-order valence-corrected chi connectivity index (χ3v) is 6.61. The van der Waals surface area contributed by atoms with Crippen LogP contribution in [0.2, 0.25) is 0 Å². The Morgan fingerprint density at radius 3 is 2.34 bits per heavy atom. The Balaban J connectivity index is 1.50. The maximum Gasteiger partial charge on any atom is 0.305 e. The lowest BCUT2D eigenvalue weighted by molar-refractivity contribution is -0.176. The minimum Gasteiger partial charge on any atom is -0.481 e. The fourth-order valence-corrected chi connectivity index (χ4v) is 4.69. The van der Waals surface area contributed by atoms with Gasteiger partial charge in [-0.1, -0.05) is 42.5 Å². The molecule has 11 nitrogen and oxygen atoms in total. The van der Waals surface area contributed by atoms with E-state index in [4.69, 9.17) is 5.11 Å². The normalized spacial score (nSPS) is 20.1. The topological polar surface area (TPSA) is 153 Å². The molecule has 2 aliphatic rings. The summed E-state index contributed by atoms with van der Waals surface area (Å²) in [5.74, 6) is -3.49. The SMILES string of the molecule is O=CC(CC(=O)O)NC(=O)C1CCCN2C(=O)CCC(NC(=O)c3ccc(-c4ccccc4)cc3)C(=O)N12. The molecule has 2 aromatic rings. The summed E-state index contributed by atoms with van der Waals surface area (Å²) in [7, 11) is 0. The minimum absolute atomic E-state index is 0.00948. The average Bonchev–Trinajstić information content (AvgIpc) is 3.05. The summed E-state index contributed by atoms with van der Waals surface area (Å²) < 4.78 is 0. The van der Waals surface area contributed by atoms with Crippen molar-refractivity contribution in [1.82, 2.24) is 20.7 Å². The van der Waals surface area contributed by atoms with Crippen LogP contribution in [0.1, 0.15) is 42.5 Å². The Morgan fingerprint density at radius 1 is 1.00 bits per heavy atom. The van der Waals surface area contributed by atoms with Crippen LogP contribution in [0.3, 0.4) is 0 Å². The Bertz CT molecular complexity index is 1230. The van der Waals surface area contributed by atoms with E-state index in [1.54, 1.807) is 24.3 Å². The van der Waals surface area contributed by atoms with Crippen molar-refractivity contribution in [2.45, 2.75) is 50.2 Å². The number of amides is 4. The second-order valence-electron chi connectivity index (χ2n) is 9.21. The second kappa shape index (κ2) is 11.7. The number of hydrazine groups is 1. The zero-order chi connectivity index (χ0) is 27.2. The molecule has 198 valence electrons. The van der Waals surface area contributed by atoms with Gasteiger partial charge in [-0.2, -0.15) is 0 Å². The molecule has 38 heavy (non-hydrogen) atoms. The Morgan fingerprint density at radius 2 is 1.68 bits per heavy atom. The monoisotopic (exact) mass is 520 g/mol. The number of hydrogen-bond acceptors (Lipinski definition) is 6. The molecule has 4 rings (SSSR count). The number of benzene rings is 2. The van der Waals surface area contributed by atoms with Crippen molar-refractivity contribution in [3.63, 3.8) is 0 Å². The fourth-order valence-electron chi connectivity index (χ4n) is 4.69. The number of hydrogen-bond donors (Lipinski definition) is 3. The summed E-state index contributed by atoms with van der Waals surface area (Å²) in [6, 6.07) is 13.1. The molecule has 0 aromatic heterocycles. The first-order chi connectivity index (χ1) is 18.3. The zero-order valence-electron chi connectivity index (χ0n) is 20.5. The number of nitrogens with one attached hydrogen (secondary N) is 2. The van der Waals surface area contributed by atoms with E-state index in [2.05, 4.69) is 10.6 Å². The molecule has 0 aliphatic carbocycles. The van der Waals surface area contributed by atoms with E-state index in [9.17, 15) is 28.8 Å². The number of rotatable bonds is 8. The van der Waals surface area contributed by atoms with E-state index < -0.39 is 48.2 Å². The highest BCUT2D eigenvalue weighted by atomic mass is 16.4. The first-order valence-corrected chi connectivity index (χ1v) is 12.4. The predicted molar refractivity (Wildman–Crippen MR) is 134 cm³/mol. The lowest BCUT2D eigenvalue weighted by Crippen LogP contribution is -2.64. The van der Waals surface area contributed by atoms with Gasteiger partial charge >= 0.3 is 5.97 Å². The van der Waals surface area contributed by atoms with Crippen LogP contribution in [0.15, 0.2) is 54.6 Å². The quantitative estimate of drug-likeness (QED) is 0.441. The average molecular weight is 521 g/mol. The van der Waals surface area contributed by atoms with Gasteiger partial charge in [0, 0.05) is 18.5 Å². The fraction of sp³-hybridized carbons (Fsp3) is 0.333. The summed E-state index contributed by atoms with van der Waals surface area (Å²) in [5, 5.41) is 16.3. The molecule has 11 heteroatoms. The third-order valence-electron chi connectivity index (χ3n) is 6.61.